The molecule has 0 fully saturated rings. The minimum atomic E-state index is -0.390. The molecule has 1 N–H and O–H groups in total. The molecule has 1 atom stereocenters. The van der Waals surface area contributed by atoms with Gasteiger partial charge < -0.3 is 5.32 Å². The molecule has 0 bridgehead atoms. The number of amides is 1. The smallest absolute Gasteiger partial charge is 0.274 e. The minimum Gasteiger partial charge on any atom is -0.344 e. The topological polar surface area (TPSA) is 64.0 Å². The molecular weight excluding hydrogens is 309 g/mol. The van der Waals surface area contributed by atoms with Crippen molar-refractivity contribution in [3.63, 3.8) is 0 Å². The highest BCUT2D eigenvalue weighted by Gasteiger charge is 2.18. The monoisotopic (exact) mass is 325 g/mol. The SMILES string of the molecule is C[C@H](NC(=O)c1nn(C)c(=O)c2ccccc12)c1ccc(F)cc1. The largest absolute Gasteiger partial charge is 0.344 e. The lowest BCUT2D eigenvalue weighted by Gasteiger charge is -2.15. The van der Waals surface area contributed by atoms with Gasteiger partial charge in [-0.1, -0.05) is 30.3 Å². The Balaban J connectivity index is 1.96. The first-order valence-electron chi connectivity index (χ1n) is 7.50. The van der Waals surface area contributed by atoms with Crippen LogP contribution < -0.4 is 10.9 Å². The summed E-state index contributed by atoms with van der Waals surface area (Å²) >= 11 is 0. The van der Waals surface area contributed by atoms with E-state index in [1.807, 2.05) is 0 Å². The van der Waals surface area contributed by atoms with Crippen LogP contribution >= 0.6 is 0 Å². The molecule has 0 radical (unpaired) electrons. The van der Waals surface area contributed by atoms with Crippen LogP contribution in [-0.2, 0) is 7.05 Å². The Kier molecular flexibility index (Phi) is 4.12. The van der Waals surface area contributed by atoms with E-state index in [4.69, 9.17) is 0 Å². The maximum absolute atomic E-state index is 13.0. The molecule has 24 heavy (non-hydrogen) atoms. The molecule has 3 rings (SSSR count). The molecule has 1 aromatic heterocycles. The zero-order chi connectivity index (χ0) is 17.3. The third kappa shape index (κ3) is 2.90. The Labute approximate surface area is 137 Å². The van der Waals surface area contributed by atoms with Gasteiger partial charge in [0.2, 0.25) is 0 Å². The van der Waals surface area contributed by atoms with Crippen LogP contribution in [0, 0.1) is 5.82 Å². The van der Waals surface area contributed by atoms with Crippen LogP contribution in [0.5, 0.6) is 0 Å². The third-order valence-corrected chi connectivity index (χ3v) is 3.89. The van der Waals surface area contributed by atoms with Crippen molar-refractivity contribution >= 4 is 16.7 Å². The molecule has 122 valence electrons. The summed E-state index contributed by atoms with van der Waals surface area (Å²) in [5.41, 5.74) is 0.703. The Morgan fingerprint density at radius 2 is 1.75 bits per heavy atom. The summed E-state index contributed by atoms with van der Waals surface area (Å²) in [5.74, 6) is -0.721. The number of aryl methyl sites for hydroxylation is 1. The predicted molar refractivity (Wildman–Crippen MR) is 89.3 cm³/mol. The van der Waals surface area contributed by atoms with E-state index >= 15 is 0 Å². The highest BCUT2D eigenvalue weighted by Crippen LogP contribution is 2.16. The normalized spacial score (nSPS) is 12.1. The van der Waals surface area contributed by atoms with Crippen LogP contribution in [0.3, 0.4) is 0 Å². The van der Waals surface area contributed by atoms with Gasteiger partial charge in [0.25, 0.3) is 11.5 Å². The Hall–Kier alpha value is -3.02. The molecule has 1 amide bonds. The molecule has 6 heteroatoms. The second kappa shape index (κ2) is 6.23. The van der Waals surface area contributed by atoms with E-state index in [0.717, 1.165) is 10.2 Å². The van der Waals surface area contributed by atoms with E-state index in [2.05, 4.69) is 10.4 Å². The molecule has 0 saturated carbocycles. The molecule has 5 nitrogen and oxygen atoms in total. The van der Waals surface area contributed by atoms with Gasteiger partial charge in [0, 0.05) is 12.4 Å². The first-order chi connectivity index (χ1) is 11.5. The number of nitrogens with zero attached hydrogens (tertiary/aromatic N) is 2. The number of aromatic nitrogens is 2. The number of nitrogens with one attached hydrogen (secondary N) is 1. The van der Waals surface area contributed by atoms with Gasteiger partial charge in [-0.3, -0.25) is 9.59 Å². The minimum absolute atomic E-state index is 0.182. The van der Waals surface area contributed by atoms with Gasteiger partial charge in [0.1, 0.15) is 5.82 Å². The van der Waals surface area contributed by atoms with Crippen molar-refractivity contribution in [3.05, 3.63) is 76.0 Å². The van der Waals surface area contributed by atoms with Crippen molar-refractivity contribution in [2.45, 2.75) is 13.0 Å². The Morgan fingerprint density at radius 3 is 2.42 bits per heavy atom. The molecule has 0 aliphatic rings. The average Bonchev–Trinajstić information content (AvgIpc) is 2.58. The molecule has 0 saturated heterocycles. The number of halogens is 1. The van der Waals surface area contributed by atoms with Gasteiger partial charge in [0.15, 0.2) is 5.69 Å². The van der Waals surface area contributed by atoms with Crippen LogP contribution in [0.4, 0.5) is 4.39 Å². The van der Waals surface area contributed by atoms with E-state index in [9.17, 15) is 14.0 Å². The molecule has 2 aromatic carbocycles. The van der Waals surface area contributed by atoms with Gasteiger partial charge >= 0.3 is 0 Å². The second-order valence-electron chi connectivity index (χ2n) is 5.57. The second-order valence-corrected chi connectivity index (χ2v) is 5.57. The Bertz CT molecular complexity index is 964. The lowest BCUT2D eigenvalue weighted by molar-refractivity contribution is 0.0934. The van der Waals surface area contributed by atoms with E-state index in [1.54, 1.807) is 43.3 Å². The number of hydrogen-bond acceptors (Lipinski definition) is 3. The number of carbonyl (C=O) groups excluding carboxylic acids is 1. The quantitative estimate of drug-likeness (QED) is 0.805. The maximum Gasteiger partial charge on any atom is 0.274 e. The van der Waals surface area contributed by atoms with Crippen molar-refractivity contribution in [1.29, 1.82) is 0 Å². The summed E-state index contributed by atoms with van der Waals surface area (Å²) in [4.78, 5) is 24.7. The fraction of sp³-hybridized carbons (Fsp3) is 0.167. The van der Waals surface area contributed by atoms with Crippen LogP contribution in [0.1, 0.15) is 29.0 Å². The summed E-state index contributed by atoms with van der Waals surface area (Å²) in [6, 6.07) is 12.5. The van der Waals surface area contributed by atoms with Gasteiger partial charge in [-0.2, -0.15) is 5.10 Å². The fourth-order valence-corrected chi connectivity index (χ4v) is 2.57. The summed E-state index contributed by atoms with van der Waals surface area (Å²) in [6.45, 7) is 1.80. The van der Waals surface area contributed by atoms with E-state index < -0.39 is 5.91 Å². The highest BCUT2D eigenvalue weighted by molar-refractivity contribution is 6.04. The van der Waals surface area contributed by atoms with Crippen LogP contribution in [-0.4, -0.2) is 15.7 Å². The van der Waals surface area contributed by atoms with Crippen LogP contribution in [0.25, 0.3) is 10.8 Å². The van der Waals surface area contributed by atoms with Crippen molar-refractivity contribution in [2.75, 3.05) is 0 Å². The molecule has 3 aromatic rings. The summed E-state index contributed by atoms with van der Waals surface area (Å²) < 4.78 is 14.2. The van der Waals surface area contributed by atoms with Crippen molar-refractivity contribution in [2.24, 2.45) is 7.05 Å². The Morgan fingerprint density at radius 1 is 1.12 bits per heavy atom. The summed E-state index contributed by atoms with van der Waals surface area (Å²) in [7, 11) is 1.51. The summed E-state index contributed by atoms with van der Waals surface area (Å²) in [5, 5.41) is 7.87. The first kappa shape index (κ1) is 15.9. The van der Waals surface area contributed by atoms with E-state index in [-0.39, 0.29) is 23.1 Å². The van der Waals surface area contributed by atoms with E-state index in [0.29, 0.717) is 10.8 Å². The van der Waals surface area contributed by atoms with Gasteiger partial charge in [-0.25, -0.2) is 9.07 Å². The number of hydrogen-bond donors (Lipinski definition) is 1. The molecule has 0 unspecified atom stereocenters. The van der Waals surface area contributed by atoms with Crippen LogP contribution in [0.15, 0.2) is 53.3 Å². The molecule has 0 aliphatic heterocycles. The first-order valence-corrected chi connectivity index (χ1v) is 7.50. The lowest BCUT2D eigenvalue weighted by atomic mass is 10.1. The standard InChI is InChI=1S/C18H16FN3O2/c1-11(12-7-9-13(19)10-8-12)20-17(23)16-14-5-3-4-6-15(14)18(24)22(2)21-16/h3-11H,1-2H3,(H,20,23)/t11-/m0/s1. The number of rotatable bonds is 3. The third-order valence-electron chi connectivity index (χ3n) is 3.89. The van der Waals surface area contributed by atoms with Gasteiger partial charge in [-0.15, -0.1) is 0 Å². The number of carbonyl (C=O) groups is 1. The van der Waals surface area contributed by atoms with Crippen molar-refractivity contribution < 1.29 is 9.18 Å². The molecular formula is C18H16FN3O2. The molecule has 0 spiro atoms. The van der Waals surface area contributed by atoms with Crippen LogP contribution in [0.2, 0.25) is 0 Å². The number of benzene rings is 2. The molecule has 1 heterocycles. The predicted octanol–water partition coefficient (Wildman–Crippen LogP) is 2.56. The molecule has 0 aliphatic carbocycles. The number of fused-ring (bicyclic) bond motifs is 1. The van der Waals surface area contributed by atoms with Crippen molar-refractivity contribution in [1.82, 2.24) is 15.1 Å². The van der Waals surface area contributed by atoms with E-state index in [1.165, 1.54) is 19.2 Å². The fourth-order valence-electron chi connectivity index (χ4n) is 2.57. The average molecular weight is 325 g/mol. The van der Waals surface area contributed by atoms with Crippen molar-refractivity contribution in [3.8, 4) is 0 Å². The van der Waals surface area contributed by atoms with Gasteiger partial charge in [0.05, 0.1) is 11.4 Å². The highest BCUT2D eigenvalue weighted by atomic mass is 19.1. The zero-order valence-electron chi connectivity index (χ0n) is 13.3. The maximum atomic E-state index is 13.0. The van der Waals surface area contributed by atoms with Gasteiger partial charge in [-0.05, 0) is 30.7 Å². The lowest BCUT2D eigenvalue weighted by Crippen LogP contribution is -2.31. The zero-order valence-corrected chi connectivity index (χ0v) is 13.3. The summed E-state index contributed by atoms with van der Waals surface area (Å²) in [6.07, 6.45) is 0.